The molecular formula is C8H20N2O3S. The van der Waals surface area contributed by atoms with Gasteiger partial charge < -0.3 is 10.4 Å². The fourth-order valence-corrected chi connectivity index (χ4v) is 1.11. The Kier molecular flexibility index (Phi) is 4.09. The lowest BCUT2D eigenvalue weighted by Gasteiger charge is -2.38. The maximum Gasteiger partial charge on any atom is 0.210 e. The fraction of sp³-hybridized carbons (Fsp3) is 1.00. The van der Waals surface area contributed by atoms with Gasteiger partial charge in [0.05, 0.1) is 11.4 Å². The van der Waals surface area contributed by atoms with Crippen LogP contribution in [-0.2, 0) is 10.0 Å². The van der Waals surface area contributed by atoms with Gasteiger partial charge in [0, 0.05) is 12.1 Å². The highest BCUT2D eigenvalue weighted by atomic mass is 32.2. The minimum absolute atomic E-state index is 0.132. The number of aliphatic hydroxyl groups is 1. The first kappa shape index (κ1) is 13.8. The van der Waals surface area contributed by atoms with Crippen LogP contribution < -0.4 is 10.5 Å². The molecule has 0 saturated heterocycles. The SMILES string of the molecule is CC(C)(O)C(C)(C)NCCS(N)(=O)=O. The average Bonchev–Trinajstić information content (AvgIpc) is 1.80. The highest BCUT2D eigenvalue weighted by Crippen LogP contribution is 2.19. The summed E-state index contributed by atoms with van der Waals surface area (Å²) in [4.78, 5) is 0. The van der Waals surface area contributed by atoms with E-state index in [1.165, 1.54) is 0 Å². The maximum atomic E-state index is 10.6. The van der Waals surface area contributed by atoms with Gasteiger partial charge in [0.2, 0.25) is 10.0 Å². The van der Waals surface area contributed by atoms with E-state index in [0.29, 0.717) is 0 Å². The molecule has 0 aliphatic carbocycles. The summed E-state index contributed by atoms with van der Waals surface area (Å²) in [7, 11) is -3.44. The lowest BCUT2D eigenvalue weighted by atomic mass is 9.86. The van der Waals surface area contributed by atoms with Crippen molar-refractivity contribution < 1.29 is 13.5 Å². The van der Waals surface area contributed by atoms with Gasteiger partial charge in [0.15, 0.2) is 0 Å². The van der Waals surface area contributed by atoms with Gasteiger partial charge in [-0.1, -0.05) is 0 Å². The van der Waals surface area contributed by atoms with Crippen molar-refractivity contribution in [2.24, 2.45) is 5.14 Å². The Morgan fingerprint density at radius 3 is 2.00 bits per heavy atom. The number of rotatable bonds is 5. The molecule has 0 radical (unpaired) electrons. The second-order valence-corrected chi connectivity index (χ2v) is 6.21. The van der Waals surface area contributed by atoms with E-state index in [2.05, 4.69) is 5.32 Å². The zero-order valence-corrected chi connectivity index (χ0v) is 9.98. The van der Waals surface area contributed by atoms with E-state index in [4.69, 9.17) is 5.14 Å². The van der Waals surface area contributed by atoms with E-state index in [-0.39, 0.29) is 12.3 Å². The number of hydrogen-bond acceptors (Lipinski definition) is 4. The summed E-state index contributed by atoms with van der Waals surface area (Å²) >= 11 is 0. The predicted octanol–water partition coefficient (Wildman–Crippen LogP) is -0.586. The Hall–Kier alpha value is -0.170. The molecular weight excluding hydrogens is 204 g/mol. The third-order valence-corrected chi connectivity index (χ3v) is 3.26. The molecule has 0 aliphatic rings. The topological polar surface area (TPSA) is 92.4 Å². The minimum atomic E-state index is -3.44. The molecule has 0 atom stereocenters. The monoisotopic (exact) mass is 224 g/mol. The minimum Gasteiger partial charge on any atom is -0.389 e. The summed E-state index contributed by atoms with van der Waals surface area (Å²) in [5.41, 5.74) is -1.48. The summed E-state index contributed by atoms with van der Waals surface area (Å²) in [6.07, 6.45) is 0. The second kappa shape index (κ2) is 4.14. The highest BCUT2D eigenvalue weighted by molar-refractivity contribution is 7.89. The molecule has 86 valence electrons. The van der Waals surface area contributed by atoms with Crippen molar-refractivity contribution in [1.29, 1.82) is 0 Å². The first-order valence-electron chi connectivity index (χ1n) is 4.43. The number of nitrogens with one attached hydrogen (secondary N) is 1. The van der Waals surface area contributed by atoms with Crippen LogP contribution in [0.4, 0.5) is 0 Å². The number of sulfonamides is 1. The van der Waals surface area contributed by atoms with Gasteiger partial charge in [0.25, 0.3) is 0 Å². The zero-order chi connectivity index (χ0) is 11.6. The van der Waals surface area contributed by atoms with E-state index >= 15 is 0 Å². The van der Waals surface area contributed by atoms with Gasteiger partial charge >= 0.3 is 0 Å². The van der Waals surface area contributed by atoms with Crippen LogP contribution in [0.3, 0.4) is 0 Å². The fourth-order valence-electron chi connectivity index (χ4n) is 0.722. The molecule has 5 nitrogen and oxygen atoms in total. The Morgan fingerprint density at radius 2 is 1.71 bits per heavy atom. The summed E-state index contributed by atoms with van der Waals surface area (Å²) < 4.78 is 21.3. The maximum absolute atomic E-state index is 10.6. The van der Waals surface area contributed by atoms with Gasteiger partial charge in [0.1, 0.15) is 0 Å². The smallest absolute Gasteiger partial charge is 0.210 e. The molecule has 0 aromatic rings. The summed E-state index contributed by atoms with van der Waals surface area (Å²) in [5, 5.41) is 17.5. The van der Waals surface area contributed by atoms with E-state index in [9.17, 15) is 13.5 Å². The number of hydrogen-bond donors (Lipinski definition) is 3. The third kappa shape index (κ3) is 4.90. The molecule has 0 rings (SSSR count). The lowest BCUT2D eigenvalue weighted by molar-refractivity contribution is -0.00346. The zero-order valence-electron chi connectivity index (χ0n) is 9.16. The Morgan fingerprint density at radius 1 is 1.29 bits per heavy atom. The molecule has 0 heterocycles. The number of nitrogens with two attached hydrogens (primary N) is 1. The molecule has 0 aliphatic heterocycles. The average molecular weight is 224 g/mol. The van der Waals surface area contributed by atoms with E-state index in [1.807, 2.05) is 0 Å². The van der Waals surface area contributed by atoms with E-state index < -0.39 is 21.2 Å². The third-order valence-electron chi connectivity index (χ3n) is 2.48. The van der Waals surface area contributed by atoms with Crippen molar-refractivity contribution in [3.8, 4) is 0 Å². The van der Waals surface area contributed by atoms with E-state index in [0.717, 1.165) is 0 Å². The molecule has 4 N–H and O–H groups in total. The van der Waals surface area contributed by atoms with Gasteiger partial charge in [-0.05, 0) is 27.7 Å². The summed E-state index contributed by atoms with van der Waals surface area (Å²) in [6, 6.07) is 0. The molecule has 0 saturated carbocycles. The standard InChI is InChI=1S/C8H20N2O3S/c1-7(2,8(3,4)11)10-5-6-14(9,12)13/h10-11H,5-6H2,1-4H3,(H2,9,12,13). The van der Waals surface area contributed by atoms with Crippen LogP contribution in [-0.4, -0.2) is 37.0 Å². The largest absolute Gasteiger partial charge is 0.389 e. The first-order chi connectivity index (χ1) is 5.96. The molecule has 0 unspecified atom stereocenters. The normalized spacial score (nSPS) is 14.4. The van der Waals surface area contributed by atoms with Crippen molar-refractivity contribution in [1.82, 2.24) is 5.32 Å². The first-order valence-corrected chi connectivity index (χ1v) is 6.15. The molecule has 0 spiro atoms. The van der Waals surface area contributed by atoms with Crippen LogP contribution in [0.25, 0.3) is 0 Å². The van der Waals surface area contributed by atoms with Gasteiger partial charge in [-0.2, -0.15) is 0 Å². The van der Waals surface area contributed by atoms with Crippen molar-refractivity contribution in [3.63, 3.8) is 0 Å². The molecule has 0 bridgehead atoms. The van der Waals surface area contributed by atoms with E-state index in [1.54, 1.807) is 27.7 Å². The van der Waals surface area contributed by atoms with Gasteiger partial charge in [-0.15, -0.1) is 0 Å². The Labute approximate surface area is 85.7 Å². The molecule has 0 fully saturated rings. The predicted molar refractivity (Wildman–Crippen MR) is 56.4 cm³/mol. The highest BCUT2D eigenvalue weighted by Gasteiger charge is 2.34. The Bertz CT molecular complexity index is 277. The molecule has 0 amide bonds. The second-order valence-electron chi connectivity index (χ2n) is 4.48. The molecule has 14 heavy (non-hydrogen) atoms. The summed E-state index contributed by atoms with van der Waals surface area (Å²) in [6.45, 7) is 7.16. The number of primary sulfonamides is 1. The van der Waals surface area contributed by atoms with Crippen molar-refractivity contribution in [3.05, 3.63) is 0 Å². The molecule has 6 heteroatoms. The van der Waals surface area contributed by atoms with Crippen LogP contribution in [0.5, 0.6) is 0 Å². The van der Waals surface area contributed by atoms with Gasteiger partial charge in [-0.3, -0.25) is 0 Å². The van der Waals surface area contributed by atoms with Crippen LogP contribution in [0.2, 0.25) is 0 Å². The van der Waals surface area contributed by atoms with Crippen LogP contribution in [0.15, 0.2) is 0 Å². The van der Waals surface area contributed by atoms with Crippen LogP contribution in [0.1, 0.15) is 27.7 Å². The van der Waals surface area contributed by atoms with Crippen molar-refractivity contribution in [2.45, 2.75) is 38.8 Å². The van der Waals surface area contributed by atoms with Crippen LogP contribution >= 0.6 is 0 Å². The van der Waals surface area contributed by atoms with Crippen molar-refractivity contribution >= 4 is 10.0 Å². The molecule has 0 aromatic heterocycles. The van der Waals surface area contributed by atoms with Crippen molar-refractivity contribution in [2.75, 3.05) is 12.3 Å². The lowest BCUT2D eigenvalue weighted by Crippen LogP contribution is -2.56. The van der Waals surface area contributed by atoms with Crippen LogP contribution in [0, 0.1) is 0 Å². The Balaban J connectivity index is 4.15. The quantitative estimate of drug-likeness (QED) is 0.582. The van der Waals surface area contributed by atoms with Gasteiger partial charge in [-0.25, -0.2) is 13.6 Å². The molecule has 0 aromatic carbocycles. The summed E-state index contributed by atoms with van der Waals surface area (Å²) in [5.74, 6) is -0.132.